The summed E-state index contributed by atoms with van der Waals surface area (Å²) in [4.78, 5) is 11.8. The average Bonchev–Trinajstić information content (AvgIpc) is 2.16. The van der Waals surface area contributed by atoms with Crippen molar-refractivity contribution in [2.75, 3.05) is 19.6 Å². The highest BCUT2D eigenvalue weighted by Crippen LogP contribution is 2.25. The summed E-state index contributed by atoms with van der Waals surface area (Å²) in [5.74, 6) is -6.36. The third-order valence-corrected chi connectivity index (χ3v) is 2.22. The molecule has 1 atom stereocenters. The van der Waals surface area contributed by atoms with Crippen LogP contribution in [0.5, 0.6) is 0 Å². The maximum absolute atomic E-state index is 12.7. The van der Waals surface area contributed by atoms with Gasteiger partial charge in [0.1, 0.15) is 0 Å². The summed E-state index contributed by atoms with van der Waals surface area (Å²) < 4.78 is 49.2. The van der Waals surface area contributed by atoms with E-state index in [-0.39, 0.29) is 19.1 Å². The molecule has 0 spiro atoms. The zero-order chi connectivity index (χ0) is 11.6. The molecule has 1 fully saturated rings. The molecule has 0 bridgehead atoms. The van der Waals surface area contributed by atoms with Gasteiger partial charge < -0.3 is 10.2 Å². The van der Waals surface area contributed by atoms with Crippen molar-refractivity contribution < 1.29 is 22.4 Å². The van der Waals surface area contributed by atoms with Gasteiger partial charge in [0.05, 0.1) is 0 Å². The molecule has 0 aliphatic carbocycles. The van der Waals surface area contributed by atoms with Gasteiger partial charge >= 0.3 is 12.3 Å². The summed E-state index contributed by atoms with van der Waals surface area (Å²) in [6, 6.07) is -0.156. The highest BCUT2D eigenvalue weighted by atomic mass is 19.3. The third kappa shape index (κ3) is 2.58. The molecule has 1 amide bonds. The summed E-state index contributed by atoms with van der Waals surface area (Å²) >= 11 is 0. The second-order valence-corrected chi connectivity index (χ2v) is 3.53. The van der Waals surface area contributed by atoms with Crippen molar-refractivity contribution in [2.24, 2.45) is 0 Å². The monoisotopic (exact) mass is 228 g/mol. The van der Waals surface area contributed by atoms with Crippen molar-refractivity contribution in [2.45, 2.75) is 25.3 Å². The minimum atomic E-state index is -4.57. The second kappa shape index (κ2) is 4.34. The Balaban J connectivity index is 2.67. The highest BCUT2D eigenvalue weighted by molar-refractivity contribution is 5.84. The Hall–Kier alpha value is -0.850. The number of alkyl halides is 4. The van der Waals surface area contributed by atoms with Crippen molar-refractivity contribution in [1.82, 2.24) is 10.2 Å². The molecule has 1 N–H and O–H groups in total. The summed E-state index contributed by atoms with van der Waals surface area (Å²) in [5.41, 5.74) is 0. The lowest BCUT2D eigenvalue weighted by atomic mass is 10.2. The van der Waals surface area contributed by atoms with Crippen LogP contribution in [0.4, 0.5) is 17.6 Å². The van der Waals surface area contributed by atoms with Crippen molar-refractivity contribution in [1.29, 1.82) is 0 Å². The molecule has 3 nitrogen and oxygen atoms in total. The molecule has 1 rings (SSSR count). The van der Waals surface area contributed by atoms with E-state index in [1.54, 1.807) is 6.92 Å². The van der Waals surface area contributed by atoms with Crippen LogP contribution in [0.3, 0.4) is 0 Å². The standard InChI is InChI=1S/C8H12F4N2O/c1-5-4-14(3-2-13-5)7(15)8(11,12)6(9)10/h5-6,13H,2-4H2,1H3/t5-/m0/s1. The Morgan fingerprint density at radius 2 is 2.13 bits per heavy atom. The normalized spacial score (nSPS) is 23.3. The molecule has 0 aromatic carbocycles. The molecule has 15 heavy (non-hydrogen) atoms. The first-order chi connectivity index (χ1) is 6.85. The van der Waals surface area contributed by atoms with Crippen LogP contribution < -0.4 is 5.32 Å². The van der Waals surface area contributed by atoms with E-state index in [1.807, 2.05) is 0 Å². The molecule has 0 saturated carbocycles. The van der Waals surface area contributed by atoms with Crippen molar-refractivity contribution >= 4 is 5.91 Å². The molecule has 1 aliphatic heterocycles. The first kappa shape index (κ1) is 12.2. The Labute approximate surface area is 84.4 Å². The molecule has 7 heteroatoms. The number of hydrogen-bond donors (Lipinski definition) is 1. The zero-order valence-corrected chi connectivity index (χ0v) is 8.14. The summed E-state index contributed by atoms with van der Waals surface area (Å²) in [7, 11) is 0. The molecule has 1 saturated heterocycles. The van der Waals surface area contributed by atoms with Gasteiger partial charge in [-0.25, -0.2) is 8.78 Å². The van der Waals surface area contributed by atoms with Crippen LogP contribution in [0.15, 0.2) is 0 Å². The van der Waals surface area contributed by atoms with Gasteiger partial charge in [0.15, 0.2) is 0 Å². The topological polar surface area (TPSA) is 32.3 Å². The lowest BCUT2D eigenvalue weighted by Crippen LogP contribution is -2.56. The van der Waals surface area contributed by atoms with Crippen LogP contribution in [-0.4, -0.2) is 48.8 Å². The fourth-order valence-electron chi connectivity index (χ4n) is 1.42. The van der Waals surface area contributed by atoms with E-state index in [0.717, 1.165) is 4.90 Å². The van der Waals surface area contributed by atoms with E-state index in [2.05, 4.69) is 5.32 Å². The molecule has 0 aromatic heterocycles. The van der Waals surface area contributed by atoms with Crippen LogP contribution in [0.25, 0.3) is 0 Å². The molecule has 0 aromatic rings. The SMILES string of the molecule is C[C@H]1CN(C(=O)C(F)(F)C(F)F)CCN1. The molecule has 88 valence electrons. The molecule has 1 heterocycles. The van der Waals surface area contributed by atoms with Crippen molar-refractivity contribution in [3.8, 4) is 0 Å². The van der Waals surface area contributed by atoms with Gasteiger partial charge in [-0.2, -0.15) is 8.78 Å². The maximum Gasteiger partial charge on any atom is 0.383 e. The van der Waals surface area contributed by atoms with Gasteiger partial charge in [-0.3, -0.25) is 4.79 Å². The number of hydrogen-bond acceptors (Lipinski definition) is 2. The number of piperazine rings is 1. The van der Waals surface area contributed by atoms with Gasteiger partial charge in [-0.05, 0) is 6.92 Å². The summed E-state index contributed by atoms with van der Waals surface area (Å²) in [6.45, 7) is 2.10. The quantitative estimate of drug-likeness (QED) is 0.706. The van der Waals surface area contributed by atoms with Gasteiger partial charge in [-0.15, -0.1) is 0 Å². The number of amides is 1. The van der Waals surface area contributed by atoms with Crippen LogP contribution in [0, 0.1) is 0 Å². The minimum absolute atomic E-state index is 0.0289. The van der Waals surface area contributed by atoms with Gasteiger partial charge in [0.25, 0.3) is 5.91 Å². The second-order valence-electron chi connectivity index (χ2n) is 3.53. The number of nitrogens with zero attached hydrogens (tertiary/aromatic N) is 1. The average molecular weight is 228 g/mol. The van der Waals surface area contributed by atoms with Crippen LogP contribution in [0.2, 0.25) is 0 Å². The van der Waals surface area contributed by atoms with E-state index in [4.69, 9.17) is 0 Å². The third-order valence-electron chi connectivity index (χ3n) is 2.22. The first-order valence-electron chi connectivity index (χ1n) is 4.54. The number of carbonyl (C=O) groups is 1. The highest BCUT2D eigenvalue weighted by Gasteiger charge is 2.51. The largest absolute Gasteiger partial charge is 0.383 e. The number of nitrogens with one attached hydrogen (secondary N) is 1. The van der Waals surface area contributed by atoms with Crippen molar-refractivity contribution in [3.63, 3.8) is 0 Å². The predicted octanol–water partition coefficient (Wildman–Crippen LogP) is 0.707. The number of halogens is 4. The first-order valence-corrected chi connectivity index (χ1v) is 4.54. The van der Waals surface area contributed by atoms with E-state index in [9.17, 15) is 22.4 Å². The van der Waals surface area contributed by atoms with Crippen LogP contribution >= 0.6 is 0 Å². The zero-order valence-electron chi connectivity index (χ0n) is 8.14. The van der Waals surface area contributed by atoms with E-state index < -0.39 is 18.3 Å². The molecular weight excluding hydrogens is 216 g/mol. The van der Waals surface area contributed by atoms with E-state index in [1.165, 1.54) is 0 Å². The summed E-state index contributed by atoms with van der Waals surface area (Å²) in [6.07, 6.45) is -3.95. The van der Waals surface area contributed by atoms with Gasteiger partial charge in [0, 0.05) is 25.7 Å². The van der Waals surface area contributed by atoms with Gasteiger partial charge in [0.2, 0.25) is 0 Å². The Morgan fingerprint density at radius 1 is 1.53 bits per heavy atom. The predicted molar refractivity (Wildman–Crippen MR) is 45.0 cm³/mol. The summed E-state index contributed by atoms with van der Waals surface area (Å²) in [5, 5.41) is 2.92. The Morgan fingerprint density at radius 3 is 2.60 bits per heavy atom. The van der Waals surface area contributed by atoms with Crippen LogP contribution in [0.1, 0.15) is 6.92 Å². The van der Waals surface area contributed by atoms with Gasteiger partial charge in [-0.1, -0.05) is 0 Å². The fourth-order valence-corrected chi connectivity index (χ4v) is 1.42. The smallest absolute Gasteiger partial charge is 0.334 e. The Bertz CT molecular complexity index is 247. The molecular formula is C8H12F4N2O. The van der Waals surface area contributed by atoms with E-state index >= 15 is 0 Å². The van der Waals surface area contributed by atoms with Crippen molar-refractivity contribution in [3.05, 3.63) is 0 Å². The Kier molecular flexibility index (Phi) is 3.54. The fraction of sp³-hybridized carbons (Fsp3) is 0.875. The molecule has 1 aliphatic rings. The molecule has 0 unspecified atom stereocenters. The number of rotatable bonds is 2. The van der Waals surface area contributed by atoms with E-state index in [0.29, 0.717) is 6.54 Å². The lowest BCUT2D eigenvalue weighted by Gasteiger charge is -2.33. The molecule has 0 radical (unpaired) electrons. The minimum Gasteiger partial charge on any atom is -0.334 e. The van der Waals surface area contributed by atoms with Crippen LogP contribution in [-0.2, 0) is 4.79 Å². The maximum atomic E-state index is 12.7. The number of carbonyl (C=O) groups excluding carboxylic acids is 1. The lowest BCUT2D eigenvalue weighted by molar-refractivity contribution is -0.181.